The normalized spacial score (nSPS) is 13.5. The third-order valence-electron chi connectivity index (χ3n) is 4.09. The van der Waals surface area contributed by atoms with Crippen LogP contribution in [0, 0.1) is 0 Å². The largest absolute Gasteiger partial charge is 0.468 e. The molecule has 0 saturated carbocycles. The molecule has 0 aliphatic carbocycles. The van der Waals surface area contributed by atoms with Gasteiger partial charge in [-0.3, -0.25) is 4.79 Å². The number of hydrogen-bond donors (Lipinski definition) is 1. The van der Waals surface area contributed by atoms with E-state index in [1.54, 1.807) is 0 Å². The van der Waals surface area contributed by atoms with Crippen molar-refractivity contribution in [2.75, 3.05) is 7.11 Å². The highest BCUT2D eigenvalue weighted by molar-refractivity contribution is 6.30. The third-order valence-corrected chi connectivity index (χ3v) is 4.73. The summed E-state index contributed by atoms with van der Waals surface area (Å²) in [5, 5.41) is 10.3. The molecule has 24 heavy (non-hydrogen) atoms. The molecule has 0 amide bonds. The van der Waals surface area contributed by atoms with Crippen molar-refractivity contribution in [3.63, 3.8) is 0 Å². The molecule has 0 fully saturated rings. The Morgan fingerprint density at radius 2 is 1.58 bits per heavy atom. The number of esters is 1. The Balaban J connectivity index is 1.98. The molecule has 5 heteroatoms. The maximum Gasteiger partial charge on any atom is 0.323 e. The van der Waals surface area contributed by atoms with Crippen LogP contribution in [0.25, 0.3) is 0 Å². The van der Waals surface area contributed by atoms with E-state index in [1.165, 1.54) is 7.11 Å². The first-order valence-electron chi connectivity index (χ1n) is 8.67. The van der Waals surface area contributed by atoms with Crippen molar-refractivity contribution in [1.29, 1.82) is 0 Å². The predicted octanol–water partition coefficient (Wildman–Crippen LogP) is 5.14. The highest BCUT2D eigenvalue weighted by Gasteiger charge is 2.14. The summed E-state index contributed by atoms with van der Waals surface area (Å²) in [6.07, 6.45) is 8.37. The zero-order chi connectivity index (χ0) is 17.8. The van der Waals surface area contributed by atoms with E-state index in [4.69, 9.17) is 23.2 Å². The van der Waals surface area contributed by atoms with Crippen molar-refractivity contribution in [3.8, 4) is 0 Å². The molecule has 3 nitrogen and oxygen atoms in total. The topological polar surface area (TPSA) is 46.5 Å². The second-order valence-corrected chi connectivity index (χ2v) is 7.14. The fourth-order valence-corrected chi connectivity index (χ4v) is 3.02. The van der Waals surface area contributed by atoms with E-state index >= 15 is 0 Å². The summed E-state index contributed by atoms with van der Waals surface area (Å²) < 4.78 is 4.59. The van der Waals surface area contributed by atoms with Crippen LogP contribution >= 0.6 is 23.2 Å². The van der Waals surface area contributed by atoms with Crippen molar-refractivity contribution in [1.82, 2.24) is 0 Å². The van der Waals surface area contributed by atoms with E-state index in [9.17, 15) is 9.90 Å². The number of hydrogen-bond acceptors (Lipinski definition) is 3. The van der Waals surface area contributed by atoms with Gasteiger partial charge in [0.25, 0.3) is 0 Å². The van der Waals surface area contributed by atoms with Gasteiger partial charge in [0.15, 0.2) is 0 Å². The Morgan fingerprint density at radius 1 is 1.04 bits per heavy atom. The van der Waals surface area contributed by atoms with Crippen LogP contribution in [0.5, 0.6) is 0 Å². The Hall–Kier alpha value is -0.770. The molecule has 0 bridgehead atoms. The molecular formula is C19H28Cl2O3. The summed E-state index contributed by atoms with van der Waals surface area (Å²) in [6.45, 7) is 0. The molecule has 2 unspecified atom stereocenters. The van der Waals surface area contributed by atoms with Crippen LogP contribution in [0.3, 0.4) is 0 Å². The maximum absolute atomic E-state index is 11.1. The van der Waals surface area contributed by atoms with Gasteiger partial charge in [0.1, 0.15) is 5.38 Å². The van der Waals surface area contributed by atoms with Crippen LogP contribution in [0.1, 0.15) is 56.9 Å². The van der Waals surface area contributed by atoms with Gasteiger partial charge in [0.05, 0.1) is 13.2 Å². The quantitative estimate of drug-likeness (QED) is 0.312. The number of aliphatic hydroxyl groups is 1. The minimum Gasteiger partial charge on any atom is -0.468 e. The summed E-state index contributed by atoms with van der Waals surface area (Å²) in [5.41, 5.74) is 1.12. The Labute approximate surface area is 155 Å². The number of ether oxygens (including phenoxy) is 1. The molecule has 0 aliphatic heterocycles. The second-order valence-electron chi connectivity index (χ2n) is 6.17. The van der Waals surface area contributed by atoms with E-state index in [1.807, 2.05) is 24.3 Å². The van der Waals surface area contributed by atoms with Gasteiger partial charge in [-0.15, -0.1) is 11.6 Å². The second kappa shape index (κ2) is 12.6. The van der Waals surface area contributed by atoms with Gasteiger partial charge in [0, 0.05) is 5.02 Å². The van der Waals surface area contributed by atoms with Crippen molar-refractivity contribution >= 4 is 29.2 Å². The van der Waals surface area contributed by atoms with Crippen LogP contribution in [0.4, 0.5) is 0 Å². The smallest absolute Gasteiger partial charge is 0.323 e. The molecule has 0 aliphatic rings. The van der Waals surface area contributed by atoms with Gasteiger partial charge in [-0.05, 0) is 37.0 Å². The van der Waals surface area contributed by atoms with Gasteiger partial charge >= 0.3 is 5.97 Å². The Kier molecular flexibility index (Phi) is 11.1. The molecule has 1 aromatic rings. The number of carbonyl (C=O) groups excluding carboxylic acids is 1. The van der Waals surface area contributed by atoms with Crippen molar-refractivity contribution in [2.45, 2.75) is 69.3 Å². The fraction of sp³-hybridized carbons (Fsp3) is 0.632. The standard InChI is InChI=1S/C19H28Cl2O3/c1-24-19(23)18(21)9-7-5-3-2-4-6-8-17(22)14-15-10-12-16(20)13-11-15/h10-13,17-18,22H,2-9,14H2,1H3. The monoisotopic (exact) mass is 374 g/mol. The molecule has 0 aromatic heterocycles. The molecule has 0 radical (unpaired) electrons. The summed E-state index contributed by atoms with van der Waals surface area (Å²) in [4.78, 5) is 11.1. The zero-order valence-corrected chi connectivity index (χ0v) is 15.9. The number of alkyl halides is 1. The lowest BCUT2D eigenvalue weighted by atomic mass is 10.0. The number of benzene rings is 1. The summed E-state index contributed by atoms with van der Waals surface area (Å²) in [7, 11) is 1.36. The average molecular weight is 375 g/mol. The Bertz CT molecular complexity index is 462. The first-order valence-corrected chi connectivity index (χ1v) is 9.48. The van der Waals surface area contributed by atoms with Gasteiger partial charge in [-0.25, -0.2) is 0 Å². The molecule has 136 valence electrons. The number of methoxy groups -OCH3 is 1. The summed E-state index contributed by atoms with van der Waals surface area (Å²) >= 11 is 11.7. The molecule has 2 atom stereocenters. The van der Waals surface area contributed by atoms with Crippen LogP contribution < -0.4 is 0 Å². The predicted molar refractivity (Wildman–Crippen MR) is 99.8 cm³/mol. The van der Waals surface area contributed by atoms with Gasteiger partial charge in [-0.1, -0.05) is 62.3 Å². The lowest BCUT2D eigenvalue weighted by Crippen LogP contribution is -2.15. The van der Waals surface area contributed by atoms with Crippen LogP contribution in [0.2, 0.25) is 5.02 Å². The van der Waals surface area contributed by atoms with Crippen molar-refractivity contribution < 1.29 is 14.6 Å². The van der Waals surface area contributed by atoms with Gasteiger partial charge < -0.3 is 9.84 Å². The van der Waals surface area contributed by atoms with E-state index in [0.29, 0.717) is 12.8 Å². The first-order chi connectivity index (χ1) is 11.5. The van der Waals surface area contributed by atoms with E-state index in [0.717, 1.165) is 55.5 Å². The lowest BCUT2D eigenvalue weighted by molar-refractivity contribution is -0.140. The van der Waals surface area contributed by atoms with E-state index < -0.39 is 5.38 Å². The van der Waals surface area contributed by atoms with Crippen molar-refractivity contribution in [3.05, 3.63) is 34.9 Å². The Morgan fingerprint density at radius 3 is 2.17 bits per heavy atom. The number of unbranched alkanes of at least 4 members (excludes halogenated alkanes) is 5. The number of halogens is 2. The van der Waals surface area contributed by atoms with E-state index in [-0.39, 0.29) is 12.1 Å². The molecule has 0 spiro atoms. The number of aliphatic hydroxyl groups excluding tert-OH is 1. The van der Waals surface area contributed by atoms with Gasteiger partial charge in [-0.2, -0.15) is 0 Å². The number of carbonyl (C=O) groups is 1. The summed E-state index contributed by atoms with van der Waals surface area (Å²) in [5.74, 6) is -0.341. The minimum absolute atomic E-state index is 0.289. The zero-order valence-electron chi connectivity index (χ0n) is 14.3. The average Bonchev–Trinajstić information content (AvgIpc) is 2.58. The number of rotatable bonds is 12. The SMILES string of the molecule is COC(=O)C(Cl)CCCCCCCCC(O)Cc1ccc(Cl)cc1. The van der Waals surface area contributed by atoms with Crippen LogP contribution in [-0.2, 0) is 16.0 Å². The maximum atomic E-state index is 11.1. The lowest BCUT2D eigenvalue weighted by Gasteiger charge is -2.10. The van der Waals surface area contributed by atoms with E-state index in [2.05, 4.69) is 4.74 Å². The fourth-order valence-electron chi connectivity index (χ4n) is 2.65. The summed E-state index contributed by atoms with van der Waals surface area (Å²) in [6, 6.07) is 7.64. The van der Waals surface area contributed by atoms with Crippen molar-refractivity contribution in [2.24, 2.45) is 0 Å². The highest BCUT2D eigenvalue weighted by Crippen LogP contribution is 2.16. The molecule has 1 N–H and O–H groups in total. The molecule has 0 saturated heterocycles. The van der Waals surface area contributed by atoms with Gasteiger partial charge in [0.2, 0.25) is 0 Å². The van der Waals surface area contributed by atoms with Crippen LogP contribution in [-0.4, -0.2) is 29.7 Å². The van der Waals surface area contributed by atoms with Crippen LogP contribution in [0.15, 0.2) is 24.3 Å². The molecule has 1 rings (SSSR count). The highest BCUT2D eigenvalue weighted by atomic mass is 35.5. The third kappa shape index (κ3) is 9.51. The molecule has 1 aromatic carbocycles. The minimum atomic E-state index is -0.516. The molecule has 0 heterocycles. The molecular weight excluding hydrogens is 347 g/mol. The first kappa shape index (κ1) is 21.3.